The van der Waals surface area contributed by atoms with Crippen molar-refractivity contribution in [3.05, 3.63) is 32.8 Å². The first-order chi connectivity index (χ1) is 10.8. The van der Waals surface area contributed by atoms with Crippen LogP contribution in [0.5, 0.6) is 0 Å². The van der Waals surface area contributed by atoms with E-state index in [2.05, 4.69) is 11.4 Å². The molecule has 0 spiro atoms. The third-order valence-electron chi connectivity index (χ3n) is 3.61. The lowest BCUT2D eigenvalue weighted by Gasteiger charge is -2.22. The number of nitriles is 1. The molecule has 8 heteroatoms. The van der Waals surface area contributed by atoms with E-state index in [9.17, 15) is 14.9 Å². The quantitative estimate of drug-likeness (QED) is 0.630. The highest BCUT2D eigenvalue weighted by molar-refractivity contribution is 6.46. The molecule has 122 valence electrons. The Morgan fingerprint density at radius 1 is 1.35 bits per heavy atom. The van der Waals surface area contributed by atoms with E-state index in [4.69, 9.17) is 39.5 Å². The second-order valence-electron chi connectivity index (χ2n) is 5.43. The largest absolute Gasteiger partial charge is 0.452 e. The number of esters is 1. The molecule has 0 aromatic heterocycles. The third kappa shape index (κ3) is 4.08. The second-order valence-corrected chi connectivity index (χ2v) is 6.62. The van der Waals surface area contributed by atoms with E-state index in [1.807, 2.05) is 0 Å². The van der Waals surface area contributed by atoms with Crippen molar-refractivity contribution in [1.29, 1.82) is 5.26 Å². The summed E-state index contributed by atoms with van der Waals surface area (Å²) < 4.78 is 4.91. The summed E-state index contributed by atoms with van der Waals surface area (Å²) in [6.45, 7) is 1.11. The van der Waals surface area contributed by atoms with Crippen LogP contribution in [0.1, 0.15) is 30.1 Å². The molecule has 0 bridgehead atoms. The Labute approximate surface area is 148 Å². The molecule has 1 saturated carbocycles. The minimum atomic E-state index is -0.950. The topological polar surface area (TPSA) is 79.2 Å². The molecule has 1 atom stereocenters. The Bertz CT molecular complexity index is 698. The number of amides is 1. The van der Waals surface area contributed by atoms with Crippen molar-refractivity contribution < 1.29 is 14.3 Å². The fourth-order valence-electron chi connectivity index (χ4n) is 2.13. The summed E-state index contributed by atoms with van der Waals surface area (Å²) in [5.74, 6) is -1.30. The number of rotatable bonds is 5. The number of carbonyl (C=O) groups is 2. The Morgan fingerprint density at radius 2 is 1.96 bits per heavy atom. The summed E-state index contributed by atoms with van der Waals surface area (Å²) in [6.07, 6.45) is 1.77. The third-order valence-corrected chi connectivity index (χ3v) is 4.73. The number of hydrogen-bond donors (Lipinski definition) is 1. The molecule has 0 aliphatic heterocycles. The molecule has 1 aliphatic rings. The van der Waals surface area contributed by atoms with Crippen LogP contribution in [0.3, 0.4) is 0 Å². The Balaban J connectivity index is 1.98. The second kappa shape index (κ2) is 6.96. The van der Waals surface area contributed by atoms with Crippen molar-refractivity contribution in [2.45, 2.75) is 25.3 Å². The van der Waals surface area contributed by atoms with Crippen molar-refractivity contribution in [3.63, 3.8) is 0 Å². The molecule has 1 aromatic carbocycles. The molecular weight excluding hydrogens is 363 g/mol. The van der Waals surface area contributed by atoms with Gasteiger partial charge in [0.05, 0.1) is 26.7 Å². The molecule has 1 N–H and O–H groups in total. The summed E-state index contributed by atoms with van der Waals surface area (Å²) in [5, 5.41) is 12.0. The van der Waals surface area contributed by atoms with Crippen molar-refractivity contribution in [2.24, 2.45) is 5.92 Å². The Kier molecular flexibility index (Phi) is 5.41. The maximum absolute atomic E-state index is 12.0. The number of halogens is 3. The Morgan fingerprint density at radius 3 is 2.52 bits per heavy atom. The van der Waals surface area contributed by atoms with Gasteiger partial charge in [-0.3, -0.25) is 4.79 Å². The zero-order chi connectivity index (χ0) is 17.2. The van der Waals surface area contributed by atoms with Crippen LogP contribution in [0.2, 0.25) is 15.1 Å². The first-order valence-electron chi connectivity index (χ1n) is 6.81. The predicted molar refractivity (Wildman–Crippen MR) is 86.6 cm³/mol. The molecule has 23 heavy (non-hydrogen) atoms. The van der Waals surface area contributed by atoms with Gasteiger partial charge in [-0.05, 0) is 37.8 Å². The fraction of sp³-hybridized carbons (Fsp3) is 0.400. The standard InChI is InChI=1S/C15H13Cl3N2O3/c1-15(7-19,8-2-3-8)20-11(21)6-23-14(22)12-9(16)4-5-10(17)13(12)18/h4-5,8H,2-3,6H2,1H3,(H,20,21)/t15-/m0/s1. The van der Waals surface area contributed by atoms with Gasteiger partial charge in [0.2, 0.25) is 0 Å². The van der Waals surface area contributed by atoms with Gasteiger partial charge in [-0.2, -0.15) is 5.26 Å². The summed E-state index contributed by atoms with van der Waals surface area (Å²) in [4.78, 5) is 23.9. The van der Waals surface area contributed by atoms with E-state index in [0.717, 1.165) is 12.8 Å². The summed E-state index contributed by atoms with van der Waals surface area (Å²) in [5.41, 5.74) is -1.05. The number of carbonyl (C=O) groups excluding carboxylic acids is 2. The van der Waals surface area contributed by atoms with Crippen LogP contribution < -0.4 is 5.32 Å². The predicted octanol–water partition coefficient (Wildman–Crippen LogP) is 3.61. The lowest BCUT2D eigenvalue weighted by atomic mass is 9.98. The first kappa shape index (κ1) is 17.9. The van der Waals surface area contributed by atoms with Gasteiger partial charge in [0.1, 0.15) is 5.54 Å². The maximum atomic E-state index is 12.0. The van der Waals surface area contributed by atoms with E-state index >= 15 is 0 Å². The van der Waals surface area contributed by atoms with Crippen molar-refractivity contribution >= 4 is 46.7 Å². The molecule has 1 fully saturated rings. The molecule has 0 unspecified atom stereocenters. The van der Waals surface area contributed by atoms with Gasteiger partial charge in [-0.25, -0.2) is 4.79 Å². The molecule has 1 amide bonds. The highest BCUT2D eigenvalue weighted by Crippen LogP contribution is 2.39. The van der Waals surface area contributed by atoms with Crippen molar-refractivity contribution in [2.75, 3.05) is 6.61 Å². The average Bonchev–Trinajstić information content (AvgIpc) is 3.34. The SMILES string of the molecule is C[C@@](C#N)(NC(=O)COC(=O)c1c(Cl)ccc(Cl)c1Cl)C1CC1. The molecule has 0 saturated heterocycles. The highest BCUT2D eigenvalue weighted by atomic mass is 35.5. The number of hydrogen-bond acceptors (Lipinski definition) is 4. The van der Waals surface area contributed by atoms with Crippen LogP contribution in [-0.4, -0.2) is 24.0 Å². The zero-order valence-corrected chi connectivity index (χ0v) is 14.4. The maximum Gasteiger partial charge on any atom is 0.341 e. The average molecular weight is 376 g/mol. The number of nitrogens with zero attached hydrogens (tertiary/aromatic N) is 1. The number of nitrogens with one attached hydrogen (secondary N) is 1. The Hall–Kier alpha value is -1.48. The zero-order valence-electron chi connectivity index (χ0n) is 12.2. The molecular formula is C15H13Cl3N2O3. The van der Waals surface area contributed by atoms with Crippen LogP contribution in [0, 0.1) is 17.2 Å². The van der Waals surface area contributed by atoms with Crippen LogP contribution in [0.15, 0.2) is 12.1 Å². The highest BCUT2D eigenvalue weighted by Gasteiger charge is 2.43. The molecule has 5 nitrogen and oxygen atoms in total. The van der Waals surface area contributed by atoms with Crippen molar-refractivity contribution in [3.8, 4) is 6.07 Å². The van der Waals surface area contributed by atoms with Crippen LogP contribution >= 0.6 is 34.8 Å². The van der Waals surface area contributed by atoms with Gasteiger partial charge in [0.15, 0.2) is 6.61 Å². The normalized spacial score (nSPS) is 16.1. The lowest BCUT2D eigenvalue weighted by molar-refractivity contribution is -0.125. The van der Waals surface area contributed by atoms with E-state index in [0.29, 0.717) is 0 Å². The molecule has 0 heterocycles. The molecule has 0 radical (unpaired) electrons. The molecule has 1 aromatic rings. The lowest BCUT2D eigenvalue weighted by Crippen LogP contribution is -2.48. The van der Waals surface area contributed by atoms with E-state index in [1.54, 1.807) is 6.92 Å². The van der Waals surface area contributed by atoms with Gasteiger partial charge in [-0.15, -0.1) is 0 Å². The number of ether oxygens (including phenoxy) is 1. The minimum Gasteiger partial charge on any atom is -0.452 e. The summed E-state index contributed by atoms with van der Waals surface area (Å²) in [7, 11) is 0. The van der Waals surface area contributed by atoms with Crippen LogP contribution in [0.25, 0.3) is 0 Å². The van der Waals surface area contributed by atoms with Crippen LogP contribution in [-0.2, 0) is 9.53 Å². The fourth-order valence-corrected chi connectivity index (χ4v) is 2.81. The van der Waals surface area contributed by atoms with Gasteiger partial charge in [0.25, 0.3) is 5.91 Å². The molecule has 2 rings (SSSR count). The van der Waals surface area contributed by atoms with E-state index in [-0.39, 0.29) is 26.5 Å². The smallest absolute Gasteiger partial charge is 0.341 e. The van der Waals surface area contributed by atoms with Gasteiger partial charge in [0, 0.05) is 0 Å². The van der Waals surface area contributed by atoms with E-state index in [1.165, 1.54) is 12.1 Å². The van der Waals surface area contributed by atoms with Crippen molar-refractivity contribution in [1.82, 2.24) is 5.32 Å². The minimum absolute atomic E-state index is 0.0376. The van der Waals surface area contributed by atoms with Gasteiger partial charge in [-0.1, -0.05) is 34.8 Å². The molecule has 1 aliphatic carbocycles. The van der Waals surface area contributed by atoms with Gasteiger partial charge >= 0.3 is 5.97 Å². The monoisotopic (exact) mass is 374 g/mol. The van der Waals surface area contributed by atoms with Gasteiger partial charge < -0.3 is 10.1 Å². The first-order valence-corrected chi connectivity index (χ1v) is 7.94. The van der Waals surface area contributed by atoms with E-state index < -0.39 is 24.0 Å². The number of benzene rings is 1. The summed E-state index contributed by atoms with van der Waals surface area (Å²) >= 11 is 17.7. The van der Waals surface area contributed by atoms with Crippen LogP contribution in [0.4, 0.5) is 0 Å². The summed E-state index contributed by atoms with van der Waals surface area (Å²) in [6, 6.07) is 4.94.